The predicted octanol–water partition coefficient (Wildman–Crippen LogP) is -0.576. The second-order valence-electron chi connectivity index (χ2n) is 5.59. The molecule has 11 nitrogen and oxygen atoms in total. The number of rotatable bonds is 18. The van der Waals surface area contributed by atoms with E-state index in [1.165, 1.54) is 0 Å². The number of carboxylic acids is 2. The van der Waals surface area contributed by atoms with Gasteiger partial charge in [-0.1, -0.05) is 6.92 Å². The Kier molecular flexibility index (Phi) is 13.6. The van der Waals surface area contributed by atoms with E-state index in [0.717, 1.165) is 0 Å². The molecule has 0 unspecified atom stereocenters. The molecule has 0 fully saturated rings. The van der Waals surface area contributed by atoms with E-state index < -0.39 is 17.5 Å². The Balaban J connectivity index is 4.91. The van der Waals surface area contributed by atoms with Crippen molar-refractivity contribution in [2.75, 3.05) is 46.2 Å². The summed E-state index contributed by atoms with van der Waals surface area (Å²) in [6.07, 6.45) is -0.252. The van der Waals surface area contributed by atoms with Crippen molar-refractivity contribution in [3.63, 3.8) is 0 Å². The molecule has 0 saturated carbocycles. The van der Waals surface area contributed by atoms with Gasteiger partial charge in [-0.15, -0.1) is 0 Å². The molecule has 0 heterocycles. The summed E-state index contributed by atoms with van der Waals surface area (Å²) >= 11 is 0. The van der Waals surface area contributed by atoms with Gasteiger partial charge < -0.3 is 34.5 Å². The number of hydrogen-bond acceptors (Lipinski definition) is 8. The molecule has 0 saturated heterocycles. The minimum absolute atomic E-state index is 0.0149. The first kappa shape index (κ1) is 24.8. The lowest BCUT2D eigenvalue weighted by Crippen LogP contribution is -2.58. The Bertz CT molecular complexity index is 446. The maximum Gasteiger partial charge on any atom is 0.305 e. The summed E-state index contributed by atoms with van der Waals surface area (Å²) < 4.78 is 20.6. The highest BCUT2D eigenvalue weighted by Gasteiger charge is 2.33. The number of ether oxygens (including phenoxy) is 4. The molecule has 0 aliphatic carbocycles. The lowest BCUT2D eigenvalue weighted by molar-refractivity contribution is -0.140. The zero-order chi connectivity index (χ0) is 20.5. The third-order valence-corrected chi connectivity index (χ3v) is 3.19. The number of aliphatic carboxylic acids is 2. The van der Waals surface area contributed by atoms with E-state index in [0.29, 0.717) is 0 Å². The summed E-state index contributed by atoms with van der Waals surface area (Å²) in [6.45, 7) is 1.57. The van der Waals surface area contributed by atoms with Gasteiger partial charge >= 0.3 is 11.9 Å². The minimum atomic E-state index is -1.15. The van der Waals surface area contributed by atoms with Crippen LogP contribution in [-0.4, -0.2) is 86.3 Å². The van der Waals surface area contributed by atoms with Crippen molar-refractivity contribution in [3.8, 4) is 0 Å². The maximum absolute atomic E-state index is 11.9. The maximum atomic E-state index is 11.9. The van der Waals surface area contributed by atoms with Crippen LogP contribution in [-0.2, 0) is 38.1 Å². The largest absolute Gasteiger partial charge is 0.481 e. The minimum Gasteiger partial charge on any atom is -0.481 e. The Morgan fingerprint density at radius 2 is 1.37 bits per heavy atom. The van der Waals surface area contributed by atoms with E-state index in [4.69, 9.17) is 24.4 Å². The molecule has 11 heteroatoms. The summed E-state index contributed by atoms with van der Waals surface area (Å²) in [6, 6.07) is 0. The number of carbonyl (C=O) groups excluding carboxylic acids is 2. The molecule has 0 spiro atoms. The van der Waals surface area contributed by atoms with Crippen molar-refractivity contribution >= 4 is 24.3 Å². The summed E-state index contributed by atoms with van der Waals surface area (Å²) in [5.74, 6) is -2.37. The topological polar surface area (TPSA) is 158 Å². The molecule has 0 bridgehead atoms. The normalized spacial score (nSPS) is 11.0. The first-order valence-corrected chi connectivity index (χ1v) is 8.38. The molecular formula is C16H27NO10. The zero-order valence-electron chi connectivity index (χ0n) is 15.3. The summed E-state index contributed by atoms with van der Waals surface area (Å²) in [5.41, 5.74) is -1.15. The van der Waals surface area contributed by atoms with E-state index >= 15 is 0 Å². The average Bonchev–Trinajstić information content (AvgIpc) is 2.61. The van der Waals surface area contributed by atoms with Gasteiger partial charge in [-0.05, 0) is 0 Å². The summed E-state index contributed by atoms with van der Waals surface area (Å²) in [5, 5.41) is 20.1. The van der Waals surface area contributed by atoms with Crippen LogP contribution in [0, 0.1) is 0 Å². The van der Waals surface area contributed by atoms with Gasteiger partial charge in [0.2, 0.25) is 5.91 Å². The quantitative estimate of drug-likeness (QED) is 0.203. The average molecular weight is 393 g/mol. The first-order valence-electron chi connectivity index (χ1n) is 8.38. The molecule has 0 rings (SSSR count). The van der Waals surface area contributed by atoms with Gasteiger partial charge in [0.15, 0.2) is 0 Å². The summed E-state index contributed by atoms with van der Waals surface area (Å²) in [7, 11) is 0. The molecule has 27 heavy (non-hydrogen) atoms. The van der Waals surface area contributed by atoms with Gasteiger partial charge in [0.1, 0.15) is 12.1 Å². The highest BCUT2D eigenvalue weighted by molar-refractivity contribution is 5.76. The standard InChI is InChI=1S/C16H27NO10/c1-2-13(19)17-16(9-24-5-3-14(20)21,10-25-6-4-15(22)23)11-26-7-8-27-12-18/h12H,2-11H2,1H3,(H,17,19)(H,20,21)(H,22,23). The molecule has 156 valence electrons. The smallest absolute Gasteiger partial charge is 0.305 e. The highest BCUT2D eigenvalue weighted by atomic mass is 16.5. The fourth-order valence-corrected chi connectivity index (χ4v) is 1.89. The van der Waals surface area contributed by atoms with E-state index in [1.807, 2.05) is 0 Å². The Labute approximate surface area is 156 Å². The van der Waals surface area contributed by atoms with Gasteiger partial charge in [0.05, 0.1) is 52.5 Å². The van der Waals surface area contributed by atoms with Crippen LogP contribution < -0.4 is 5.32 Å². The summed E-state index contributed by atoms with van der Waals surface area (Å²) in [4.78, 5) is 43.2. The molecule has 0 aliphatic heterocycles. The van der Waals surface area contributed by atoms with Crippen molar-refractivity contribution in [1.82, 2.24) is 5.32 Å². The van der Waals surface area contributed by atoms with Gasteiger partial charge in [-0.3, -0.25) is 19.2 Å². The molecule has 0 aliphatic rings. The van der Waals surface area contributed by atoms with Crippen LogP contribution in [0.25, 0.3) is 0 Å². The zero-order valence-corrected chi connectivity index (χ0v) is 15.3. The molecule has 0 atom stereocenters. The lowest BCUT2D eigenvalue weighted by atomic mass is 10.0. The van der Waals surface area contributed by atoms with Crippen molar-refractivity contribution in [1.29, 1.82) is 0 Å². The van der Waals surface area contributed by atoms with Crippen LogP contribution in [0.2, 0.25) is 0 Å². The van der Waals surface area contributed by atoms with Crippen molar-refractivity contribution < 1.29 is 48.3 Å². The third-order valence-electron chi connectivity index (χ3n) is 3.19. The van der Waals surface area contributed by atoms with E-state index in [9.17, 15) is 19.2 Å². The van der Waals surface area contributed by atoms with Crippen LogP contribution in [0.5, 0.6) is 0 Å². The second kappa shape index (κ2) is 14.9. The number of amides is 1. The first-order chi connectivity index (χ1) is 12.8. The SMILES string of the molecule is CCC(=O)NC(COCCOC=O)(COCCC(=O)O)COCCC(=O)O. The fraction of sp³-hybridized carbons (Fsp3) is 0.750. The van der Waals surface area contributed by atoms with Gasteiger partial charge in [-0.25, -0.2) is 0 Å². The van der Waals surface area contributed by atoms with Crippen molar-refractivity contribution in [2.45, 2.75) is 31.7 Å². The van der Waals surface area contributed by atoms with Gasteiger partial charge in [0, 0.05) is 6.42 Å². The predicted molar refractivity (Wildman–Crippen MR) is 90.1 cm³/mol. The van der Waals surface area contributed by atoms with Gasteiger partial charge in [0.25, 0.3) is 6.47 Å². The Morgan fingerprint density at radius 3 is 1.78 bits per heavy atom. The van der Waals surface area contributed by atoms with E-state index in [-0.39, 0.29) is 77.9 Å². The molecule has 0 aromatic carbocycles. The third kappa shape index (κ3) is 13.6. The van der Waals surface area contributed by atoms with Crippen LogP contribution in [0.3, 0.4) is 0 Å². The number of nitrogens with one attached hydrogen (secondary N) is 1. The number of carboxylic acid groups (broad SMARTS) is 2. The molecule has 3 N–H and O–H groups in total. The lowest BCUT2D eigenvalue weighted by Gasteiger charge is -2.34. The highest BCUT2D eigenvalue weighted by Crippen LogP contribution is 2.10. The Morgan fingerprint density at radius 1 is 0.889 bits per heavy atom. The van der Waals surface area contributed by atoms with Crippen LogP contribution in [0.4, 0.5) is 0 Å². The second-order valence-corrected chi connectivity index (χ2v) is 5.59. The molecular weight excluding hydrogens is 366 g/mol. The van der Waals surface area contributed by atoms with E-state index in [1.54, 1.807) is 6.92 Å². The van der Waals surface area contributed by atoms with E-state index in [2.05, 4.69) is 10.1 Å². The van der Waals surface area contributed by atoms with Gasteiger partial charge in [-0.2, -0.15) is 0 Å². The van der Waals surface area contributed by atoms with Crippen LogP contribution >= 0.6 is 0 Å². The number of hydrogen-bond donors (Lipinski definition) is 3. The van der Waals surface area contributed by atoms with Crippen LogP contribution in [0.1, 0.15) is 26.2 Å². The number of carbonyl (C=O) groups is 4. The molecule has 1 amide bonds. The molecule has 0 aromatic heterocycles. The molecule has 0 radical (unpaired) electrons. The van der Waals surface area contributed by atoms with Crippen molar-refractivity contribution in [3.05, 3.63) is 0 Å². The monoisotopic (exact) mass is 393 g/mol. The molecule has 0 aromatic rings. The van der Waals surface area contributed by atoms with Crippen molar-refractivity contribution in [2.24, 2.45) is 0 Å². The van der Waals surface area contributed by atoms with Crippen LogP contribution in [0.15, 0.2) is 0 Å². The fourth-order valence-electron chi connectivity index (χ4n) is 1.89. The Hall–Kier alpha value is -2.24.